The van der Waals surface area contributed by atoms with Gasteiger partial charge in [-0.25, -0.2) is 0 Å². The number of likely N-dealkylation sites (tertiary alicyclic amines) is 1. The molecule has 1 N–H and O–H groups in total. The molecule has 1 atom stereocenters. The molecule has 0 bridgehead atoms. The monoisotopic (exact) mass is 278 g/mol. The lowest BCUT2D eigenvalue weighted by molar-refractivity contribution is -0.139. The molecule has 6 nitrogen and oxygen atoms in total. The lowest BCUT2D eigenvalue weighted by Crippen LogP contribution is -2.34. The summed E-state index contributed by atoms with van der Waals surface area (Å²) >= 11 is 0. The van der Waals surface area contributed by atoms with E-state index in [2.05, 4.69) is 26.6 Å². The van der Waals surface area contributed by atoms with Crippen molar-refractivity contribution in [3.05, 3.63) is 11.6 Å². The highest BCUT2D eigenvalue weighted by atomic mass is 16.4. The second-order valence-corrected chi connectivity index (χ2v) is 5.81. The van der Waals surface area contributed by atoms with Gasteiger partial charge in [-0.3, -0.25) is 4.79 Å². The molecule has 0 saturated carbocycles. The highest BCUT2D eigenvalue weighted by Gasteiger charge is 2.33. The van der Waals surface area contributed by atoms with E-state index in [-0.39, 0.29) is 0 Å². The zero-order valence-corrected chi connectivity index (χ0v) is 12.0. The Balaban J connectivity index is 1.81. The maximum Gasteiger partial charge on any atom is 0.314 e. The van der Waals surface area contributed by atoms with Crippen LogP contribution < -0.4 is 0 Å². The largest absolute Gasteiger partial charge is 0.481 e. The zero-order chi connectivity index (χ0) is 14.1. The third-order valence-corrected chi connectivity index (χ3v) is 4.69. The number of hydrogen-bond acceptors (Lipinski definition) is 4. The van der Waals surface area contributed by atoms with Crippen molar-refractivity contribution in [3.8, 4) is 0 Å². The van der Waals surface area contributed by atoms with E-state index in [0.717, 1.165) is 51.3 Å². The number of fused-ring (bicyclic) bond motifs is 1. The van der Waals surface area contributed by atoms with Crippen LogP contribution in [0, 0.1) is 0 Å². The molecule has 1 saturated heterocycles. The summed E-state index contributed by atoms with van der Waals surface area (Å²) in [5, 5.41) is 17.8. The van der Waals surface area contributed by atoms with Gasteiger partial charge in [0.25, 0.3) is 0 Å². The van der Waals surface area contributed by atoms with Crippen LogP contribution in [0.25, 0.3) is 0 Å². The molecule has 0 aliphatic carbocycles. The number of carboxylic acids is 1. The Morgan fingerprint density at radius 1 is 1.20 bits per heavy atom. The molecule has 0 aromatic carbocycles. The lowest BCUT2D eigenvalue weighted by Gasteiger charge is -2.31. The Labute approximate surface area is 118 Å². The predicted molar refractivity (Wildman–Crippen MR) is 73.7 cm³/mol. The number of hydrogen-bond donors (Lipinski definition) is 1. The molecule has 1 aromatic rings. The number of aliphatic carboxylic acids is 1. The Bertz CT molecular complexity index is 491. The fourth-order valence-corrected chi connectivity index (χ4v) is 3.44. The van der Waals surface area contributed by atoms with E-state index < -0.39 is 11.9 Å². The number of rotatable bonds is 3. The maximum absolute atomic E-state index is 11.3. The van der Waals surface area contributed by atoms with Crippen LogP contribution in [0.4, 0.5) is 0 Å². The zero-order valence-electron chi connectivity index (χ0n) is 12.0. The van der Waals surface area contributed by atoms with Gasteiger partial charge in [-0.1, -0.05) is 6.92 Å². The molecule has 2 aliphatic heterocycles. The molecule has 1 fully saturated rings. The second kappa shape index (κ2) is 5.52. The molecule has 20 heavy (non-hydrogen) atoms. The van der Waals surface area contributed by atoms with E-state index in [1.54, 1.807) is 0 Å². The van der Waals surface area contributed by atoms with Crippen LogP contribution in [-0.4, -0.2) is 50.4 Å². The number of carboxylic acid groups (broad SMARTS) is 1. The fraction of sp³-hybridized carbons (Fsp3) is 0.786. The van der Waals surface area contributed by atoms with Crippen LogP contribution in [0.15, 0.2) is 0 Å². The van der Waals surface area contributed by atoms with Gasteiger partial charge in [0.1, 0.15) is 17.6 Å². The van der Waals surface area contributed by atoms with Gasteiger partial charge in [-0.15, -0.1) is 10.2 Å². The van der Waals surface area contributed by atoms with Crippen molar-refractivity contribution in [1.29, 1.82) is 0 Å². The van der Waals surface area contributed by atoms with E-state index in [9.17, 15) is 9.90 Å². The van der Waals surface area contributed by atoms with Crippen LogP contribution >= 0.6 is 0 Å². The summed E-state index contributed by atoms with van der Waals surface area (Å²) in [5.41, 5.74) is 0. The molecule has 0 radical (unpaired) electrons. The summed E-state index contributed by atoms with van der Waals surface area (Å²) in [7, 11) is 0. The smallest absolute Gasteiger partial charge is 0.314 e. The first kappa shape index (κ1) is 13.5. The van der Waals surface area contributed by atoms with Crippen LogP contribution in [0.1, 0.15) is 56.1 Å². The number of piperidine rings is 1. The molecule has 2 aliphatic rings. The van der Waals surface area contributed by atoms with E-state index >= 15 is 0 Å². The van der Waals surface area contributed by atoms with Crippen molar-refractivity contribution in [2.45, 2.75) is 51.0 Å². The Morgan fingerprint density at radius 2 is 1.90 bits per heavy atom. The predicted octanol–water partition coefficient (Wildman–Crippen LogP) is 1.44. The summed E-state index contributed by atoms with van der Waals surface area (Å²) in [4.78, 5) is 13.7. The summed E-state index contributed by atoms with van der Waals surface area (Å²) in [6.45, 7) is 6.37. The van der Waals surface area contributed by atoms with Gasteiger partial charge in [0.2, 0.25) is 0 Å². The standard InChI is InChI=1S/C14H22N4O2/c1-2-17-8-5-10(6-9-17)12-15-16-13-11(14(19)20)4-3-7-18(12)13/h10-11H,2-9H2,1H3,(H,19,20). The molecule has 0 spiro atoms. The van der Waals surface area contributed by atoms with E-state index in [4.69, 9.17) is 0 Å². The molecule has 3 rings (SSSR count). The first-order chi connectivity index (χ1) is 9.70. The average Bonchev–Trinajstić information content (AvgIpc) is 2.91. The molecular weight excluding hydrogens is 256 g/mol. The van der Waals surface area contributed by atoms with Crippen molar-refractivity contribution in [3.63, 3.8) is 0 Å². The van der Waals surface area contributed by atoms with Crippen LogP contribution in [0.2, 0.25) is 0 Å². The second-order valence-electron chi connectivity index (χ2n) is 5.81. The maximum atomic E-state index is 11.3. The summed E-state index contributed by atoms with van der Waals surface area (Å²) < 4.78 is 2.08. The first-order valence-electron chi connectivity index (χ1n) is 7.58. The topological polar surface area (TPSA) is 71.2 Å². The quantitative estimate of drug-likeness (QED) is 0.906. The normalized spacial score (nSPS) is 24.6. The summed E-state index contributed by atoms with van der Waals surface area (Å²) in [6.07, 6.45) is 3.79. The lowest BCUT2D eigenvalue weighted by atomic mass is 9.94. The van der Waals surface area contributed by atoms with Gasteiger partial charge in [0, 0.05) is 12.5 Å². The Morgan fingerprint density at radius 3 is 2.55 bits per heavy atom. The van der Waals surface area contributed by atoms with Crippen molar-refractivity contribution in [1.82, 2.24) is 19.7 Å². The van der Waals surface area contributed by atoms with Gasteiger partial charge in [-0.05, 0) is 45.3 Å². The summed E-state index contributed by atoms with van der Waals surface area (Å²) in [6, 6.07) is 0. The number of carbonyl (C=O) groups is 1. The minimum Gasteiger partial charge on any atom is -0.481 e. The minimum absolute atomic E-state index is 0.437. The van der Waals surface area contributed by atoms with Crippen LogP contribution in [0.3, 0.4) is 0 Å². The van der Waals surface area contributed by atoms with Gasteiger partial charge >= 0.3 is 5.97 Å². The van der Waals surface area contributed by atoms with Crippen LogP contribution in [0.5, 0.6) is 0 Å². The van der Waals surface area contributed by atoms with Gasteiger partial charge < -0.3 is 14.6 Å². The van der Waals surface area contributed by atoms with Crippen molar-refractivity contribution in [2.24, 2.45) is 0 Å². The van der Waals surface area contributed by atoms with Gasteiger partial charge in [0.05, 0.1) is 0 Å². The Kier molecular flexibility index (Phi) is 3.74. The molecule has 110 valence electrons. The highest BCUT2D eigenvalue weighted by Crippen LogP contribution is 2.32. The number of aromatic nitrogens is 3. The van der Waals surface area contributed by atoms with Gasteiger partial charge in [-0.2, -0.15) is 0 Å². The SMILES string of the molecule is CCN1CCC(c2nnc3n2CCCC3C(=O)O)CC1. The molecular formula is C14H22N4O2. The third-order valence-electron chi connectivity index (χ3n) is 4.69. The van der Waals surface area contributed by atoms with E-state index in [0.29, 0.717) is 18.2 Å². The Hall–Kier alpha value is -1.43. The molecule has 1 unspecified atom stereocenters. The minimum atomic E-state index is -0.772. The van der Waals surface area contributed by atoms with Crippen molar-refractivity contribution >= 4 is 5.97 Å². The van der Waals surface area contributed by atoms with Crippen molar-refractivity contribution in [2.75, 3.05) is 19.6 Å². The molecule has 6 heteroatoms. The van der Waals surface area contributed by atoms with E-state index in [1.165, 1.54) is 0 Å². The highest BCUT2D eigenvalue weighted by molar-refractivity contribution is 5.75. The van der Waals surface area contributed by atoms with Crippen molar-refractivity contribution < 1.29 is 9.90 Å². The first-order valence-corrected chi connectivity index (χ1v) is 7.58. The fourth-order valence-electron chi connectivity index (χ4n) is 3.44. The average molecular weight is 278 g/mol. The van der Waals surface area contributed by atoms with Gasteiger partial charge in [0.15, 0.2) is 0 Å². The number of nitrogens with zero attached hydrogens (tertiary/aromatic N) is 4. The molecule has 3 heterocycles. The van der Waals surface area contributed by atoms with Crippen LogP contribution in [-0.2, 0) is 11.3 Å². The van der Waals surface area contributed by atoms with E-state index in [1.807, 2.05) is 0 Å². The molecule has 1 aromatic heterocycles. The summed E-state index contributed by atoms with van der Waals surface area (Å²) in [5.74, 6) is 0.872. The molecule has 0 amide bonds. The third kappa shape index (κ3) is 2.32.